The van der Waals surface area contributed by atoms with Gasteiger partial charge in [-0.2, -0.15) is 4.98 Å². The van der Waals surface area contributed by atoms with Crippen molar-refractivity contribution in [3.8, 4) is 11.4 Å². The smallest absolute Gasteiger partial charge is 0.255 e. The molecule has 0 bridgehead atoms. The molecule has 0 spiro atoms. The minimum absolute atomic E-state index is 0.0223. The highest BCUT2D eigenvalue weighted by molar-refractivity contribution is 6.33. The Morgan fingerprint density at radius 1 is 1.13 bits per heavy atom. The number of benzene rings is 2. The topological polar surface area (TPSA) is 59.2 Å². The van der Waals surface area contributed by atoms with E-state index in [1.807, 2.05) is 48.2 Å². The number of amides is 1. The van der Waals surface area contributed by atoms with Gasteiger partial charge in [0.2, 0.25) is 11.7 Å². The van der Waals surface area contributed by atoms with Gasteiger partial charge >= 0.3 is 0 Å². The number of rotatable bonds is 6. The van der Waals surface area contributed by atoms with Crippen LogP contribution in [-0.2, 0) is 6.42 Å². The van der Waals surface area contributed by atoms with E-state index in [1.54, 1.807) is 12.1 Å². The van der Waals surface area contributed by atoms with Crippen molar-refractivity contribution in [1.82, 2.24) is 15.0 Å². The van der Waals surface area contributed by atoms with Gasteiger partial charge in [-0.05, 0) is 38.0 Å². The number of nitrogens with zero attached hydrogens (tertiary/aromatic N) is 3. The Morgan fingerprint density at radius 2 is 1.93 bits per heavy atom. The molecule has 2 aromatic carbocycles. The lowest BCUT2D eigenvalue weighted by Crippen LogP contribution is -2.42. The molecule has 0 unspecified atom stereocenters. The third-order valence-corrected chi connectivity index (χ3v) is 6.02. The van der Waals surface area contributed by atoms with E-state index in [0.29, 0.717) is 35.3 Å². The minimum atomic E-state index is -0.0223. The SMILES string of the molecule is Cc1cccc(-c2noc(CCN(C(=O)c3ccccc3Cl)C3CCCCC3)n2)c1. The summed E-state index contributed by atoms with van der Waals surface area (Å²) in [4.78, 5) is 19.8. The predicted octanol–water partition coefficient (Wildman–Crippen LogP) is 5.72. The van der Waals surface area contributed by atoms with Gasteiger partial charge in [-0.15, -0.1) is 0 Å². The van der Waals surface area contributed by atoms with E-state index >= 15 is 0 Å². The number of halogens is 1. The molecule has 1 amide bonds. The zero-order valence-electron chi connectivity index (χ0n) is 17.2. The van der Waals surface area contributed by atoms with Crippen molar-refractivity contribution in [2.75, 3.05) is 6.54 Å². The van der Waals surface area contributed by atoms with Crippen molar-refractivity contribution >= 4 is 17.5 Å². The molecule has 1 saturated carbocycles. The van der Waals surface area contributed by atoms with Gasteiger partial charge < -0.3 is 9.42 Å². The third kappa shape index (κ3) is 4.73. The zero-order valence-corrected chi connectivity index (χ0v) is 17.9. The average Bonchev–Trinajstić information content (AvgIpc) is 3.24. The molecule has 156 valence electrons. The fourth-order valence-corrected chi connectivity index (χ4v) is 4.32. The van der Waals surface area contributed by atoms with Gasteiger partial charge in [0.25, 0.3) is 5.91 Å². The van der Waals surface area contributed by atoms with Crippen LogP contribution in [0.15, 0.2) is 53.1 Å². The van der Waals surface area contributed by atoms with Gasteiger partial charge in [0, 0.05) is 24.6 Å². The van der Waals surface area contributed by atoms with E-state index < -0.39 is 0 Å². The molecule has 1 heterocycles. The maximum absolute atomic E-state index is 13.3. The highest BCUT2D eigenvalue weighted by Gasteiger charge is 2.27. The van der Waals surface area contributed by atoms with Crippen LogP contribution in [0.3, 0.4) is 0 Å². The van der Waals surface area contributed by atoms with Crippen LogP contribution in [0.1, 0.15) is 53.9 Å². The fourth-order valence-electron chi connectivity index (χ4n) is 4.11. The first kappa shape index (κ1) is 20.6. The van der Waals surface area contributed by atoms with Crippen LogP contribution in [0, 0.1) is 6.92 Å². The van der Waals surface area contributed by atoms with Gasteiger partial charge in [0.05, 0.1) is 10.6 Å². The summed E-state index contributed by atoms with van der Waals surface area (Å²) in [5, 5.41) is 4.61. The van der Waals surface area contributed by atoms with E-state index in [9.17, 15) is 4.79 Å². The highest BCUT2D eigenvalue weighted by Crippen LogP contribution is 2.26. The maximum atomic E-state index is 13.3. The Bertz CT molecular complexity index is 1010. The Balaban J connectivity index is 1.51. The first-order valence-corrected chi connectivity index (χ1v) is 10.9. The number of hydrogen-bond donors (Lipinski definition) is 0. The Morgan fingerprint density at radius 3 is 2.70 bits per heavy atom. The van der Waals surface area contributed by atoms with Crippen LogP contribution in [-0.4, -0.2) is 33.5 Å². The second kappa shape index (κ2) is 9.43. The highest BCUT2D eigenvalue weighted by atomic mass is 35.5. The van der Waals surface area contributed by atoms with Crippen molar-refractivity contribution < 1.29 is 9.32 Å². The summed E-state index contributed by atoms with van der Waals surface area (Å²) in [6, 6.07) is 15.5. The van der Waals surface area contributed by atoms with E-state index in [0.717, 1.165) is 36.8 Å². The van der Waals surface area contributed by atoms with Crippen molar-refractivity contribution in [1.29, 1.82) is 0 Å². The lowest BCUT2D eigenvalue weighted by atomic mass is 9.93. The molecule has 4 rings (SSSR count). The van der Waals surface area contributed by atoms with E-state index in [4.69, 9.17) is 16.1 Å². The lowest BCUT2D eigenvalue weighted by Gasteiger charge is -2.34. The summed E-state index contributed by atoms with van der Waals surface area (Å²) in [7, 11) is 0. The molecule has 0 aliphatic heterocycles. The molecular weight excluding hydrogens is 398 g/mol. The predicted molar refractivity (Wildman–Crippen MR) is 118 cm³/mol. The van der Waals surface area contributed by atoms with Crippen LogP contribution in [0.2, 0.25) is 5.02 Å². The summed E-state index contributed by atoms with van der Waals surface area (Å²) < 4.78 is 5.48. The Kier molecular flexibility index (Phi) is 6.48. The number of aryl methyl sites for hydroxylation is 1. The number of hydrogen-bond acceptors (Lipinski definition) is 4. The third-order valence-electron chi connectivity index (χ3n) is 5.69. The van der Waals surface area contributed by atoms with Gasteiger partial charge in [0.1, 0.15) is 0 Å². The average molecular weight is 424 g/mol. The van der Waals surface area contributed by atoms with Gasteiger partial charge in [-0.1, -0.05) is 71.9 Å². The van der Waals surface area contributed by atoms with Crippen LogP contribution in [0.4, 0.5) is 0 Å². The van der Waals surface area contributed by atoms with Crippen molar-refractivity contribution in [2.45, 2.75) is 51.5 Å². The summed E-state index contributed by atoms with van der Waals surface area (Å²) >= 11 is 6.31. The molecule has 6 heteroatoms. The first-order chi connectivity index (χ1) is 14.6. The second-order valence-corrected chi connectivity index (χ2v) is 8.31. The van der Waals surface area contributed by atoms with Crippen LogP contribution in [0.25, 0.3) is 11.4 Å². The molecule has 1 aliphatic carbocycles. The maximum Gasteiger partial charge on any atom is 0.255 e. The van der Waals surface area contributed by atoms with E-state index in [1.165, 1.54) is 6.42 Å². The molecule has 1 fully saturated rings. The monoisotopic (exact) mass is 423 g/mol. The standard InChI is InChI=1S/C24H26ClN3O2/c1-17-8-7-9-18(16-17)23-26-22(30-27-23)14-15-28(19-10-3-2-4-11-19)24(29)20-12-5-6-13-21(20)25/h5-9,12-13,16,19H,2-4,10-11,14-15H2,1H3. The van der Waals surface area contributed by atoms with Gasteiger partial charge in [0.15, 0.2) is 0 Å². The normalized spacial score (nSPS) is 14.6. The largest absolute Gasteiger partial charge is 0.339 e. The van der Waals surface area contributed by atoms with Crippen molar-refractivity contribution in [3.63, 3.8) is 0 Å². The summed E-state index contributed by atoms with van der Waals surface area (Å²) in [6.45, 7) is 2.57. The molecule has 0 N–H and O–H groups in total. The van der Waals surface area contributed by atoms with Crippen LogP contribution in [0.5, 0.6) is 0 Å². The lowest BCUT2D eigenvalue weighted by molar-refractivity contribution is 0.0632. The first-order valence-electron chi connectivity index (χ1n) is 10.6. The summed E-state index contributed by atoms with van der Waals surface area (Å²) in [5.41, 5.74) is 2.63. The molecule has 0 radical (unpaired) electrons. The number of aromatic nitrogens is 2. The molecule has 1 aliphatic rings. The molecule has 30 heavy (non-hydrogen) atoms. The van der Waals surface area contributed by atoms with E-state index in [-0.39, 0.29) is 11.9 Å². The quantitative estimate of drug-likeness (QED) is 0.509. The Hall–Kier alpha value is -2.66. The number of carbonyl (C=O) groups is 1. The van der Waals surface area contributed by atoms with Crippen molar-refractivity contribution in [2.24, 2.45) is 0 Å². The molecule has 1 aromatic heterocycles. The van der Waals surface area contributed by atoms with Gasteiger partial charge in [-0.25, -0.2) is 0 Å². The molecule has 0 atom stereocenters. The molecule has 5 nitrogen and oxygen atoms in total. The molecular formula is C24H26ClN3O2. The second-order valence-electron chi connectivity index (χ2n) is 7.90. The van der Waals surface area contributed by atoms with Crippen molar-refractivity contribution in [3.05, 3.63) is 70.6 Å². The van der Waals surface area contributed by atoms with E-state index in [2.05, 4.69) is 10.1 Å². The fraction of sp³-hybridized carbons (Fsp3) is 0.375. The van der Waals surface area contributed by atoms with Crippen LogP contribution < -0.4 is 0 Å². The molecule has 3 aromatic rings. The number of carbonyl (C=O) groups excluding carboxylic acids is 1. The summed E-state index contributed by atoms with van der Waals surface area (Å²) in [5.74, 6) is 1.10. The van der Waals surface area contributed by atoms with Gasteiger partial charge in [-0.3, -0.25) is 4.79 Å². The Labute approximate surface area is 182 Å². The summed E-state index contributed by atoms with van der Waals surface area (Å²) in [6.07, 6.45) is 6.09. The van der Waals surface area contributed by atoms with Crippen LogP contribution >= 0.6 is 11.6 Å². The molecule has 0 saturated heterocycles. The minimum Gasteiger partial charge on any atom is -0.339 e. The zero-order chi connectivity index (χ0) is 20.9.